The average Bonchev–Trinajstić information content (AvgIpc) is 2.74. The lowest BCUT2D eigenvalue weighted by Gasteiger charge is -2.10. The molecule has 0 aliphatic rings. The molecular formula is C22H21N3O4. The molecule has 0 radical (unpaired) electrons. The van der Waals surface area contributed by atoms with Crippen molar-refractivity contribution in [3.8, 4) is 5.75 Å². The normalized spacial score (nSPS) is 10.1. The van der Waals surface area contributed by atoms with Gasteiger partial charge in [0.15, 0.2) is 0 Å². The number of carbonyl (C=O) groups excluding carboxylic acids is 2. The number of esters is 1. The summed E-state index contributed by atoms with van der Waals surface area (Å²) in [6.07, 6.45) is 1.56. The van der Waals surface area contributed by atoms with Crippen LogP contribution in [0.2, 0.25) is 0 Å². The molecule has 1 heterocycles. The number of nitrogens with one attached hydrogen (secondary N) is 2. The maximum Gasteiger partial charge on any atom is 0.338 e. The van der Waals surface area contributed by atoms with Crippen molar-refractivity contribution < 1.29 is 19.1 Å². The molecule has 3 aromatic rings. The third kappa shape index (κ3) is 5.32. The van der Waals surface area contributed by atoms with Crippen molar-refractivity contribution in [1.29, 1.82) is 0 Å². The van der Waals surface area contributed by atoms with E-state index in [0.717, 1.165) is 17.1 Å². The highest BCUT2D eigenvalue weighted by atomic mass is 16.5. The SMILES string of the molecule is CCOC(=O)c1ccc(NC(=O)c2cc(Nc3cccc(OC)c3)ccn2)cc1. The van der Waals surface area contributed by atoms with Gasteiger partial charge in [-0.3, -0.25) is 9.78 Å². The molecule has 0 unspecified atom stereocenters. The van der Waals surface area contributed by atoms with E-state index in [-0.39, 0.29) is 11.6 Å². The Morgan fingerprint density at radius 1 is 0.966 bits per heavy atom. The van der Waals surface area contributed by atoms with Gasteiger partial charge in [-0.1, -0.05) is 6.07 Å². The molecule has 0 saturated heterocycles. The molecule has 7 heteroatoms. The molecule has 2 aromatic carbocycles. The number of benzene rings is 2. The van der Waals surface area contributed by atoms with Gasteiger partial charge in [-0.05, 0) is 55.5 Å². The smallest absolute Gasteiger partial charge is 0.338 e. The highest BCUT2D eigenvalue weighted by Crippen LogP contribution is 2.21. The van der Waals surface area contributed by atoms with Crippen LogP contribution in [0, 0.1) is 0 Å². The van der Waals surface area contributed by atoms with Gasteiger partial charge in [0.05, 0.1) is 19.3 Å². The fraction of sp³-hybridized carbons (Fsp3) is 0.136. The second-order valence-electron chi connectivity index (χ2n) is 6.04. The van der Waals surface area contributed by atoms with Crippen LogP contribution in [0.1, 0.15) is 27.8 Å². The van der Waals surface area contributed by atoms with E-state index in [1.54, 1.807) is 56.6 Å². The van der Waals surface area contributed by atoms with Crippen molar-refractivity contribution in [2.45, 2.75) is 6.92 Å². The number of carbonyl (C=O) groups is 2. The van der Waals surface area contributed by atoms with Crippen molar-refractivity contribution in [1.82, 2.24) is 4.98 Å². The van der Waals surface area contributed by atoms with Crippen molar-refractivity contribution in [2.75, 3.05) is 24.4 Å². The summed E-state index contributed by atoms with van der Waals surface area (Å²) >= 11 is 0. The molecular weight excluding hydrogens is 370 g/mol. The Labute approximate surface area is 168 Å². The third-order valence-corrected chi connectivity index (χ3v) is 4.00. The number of pyridine rings is 1. The van der Waals surface area contributed by atoms with Crippen LogP contribution in [0.5, 0.6) is 5.75 Å². The van der Waals surface area contributed by atoms with E-state index in [9.17, 15) is 9.59 Å². The Kier molecular flexibility index (Phi) is 6.42. The zero-order valence-corrected chi connectivity index (χ0v) is 16.1. The molecule has 3 rings (SSSR count). The molecule has 0 aliphatic carbocycles. The molecule has 0 fully saturated rings. The first-order valence-corrected chi connectivity index (χ1v) is 9.04. The maximum absolute atomic E-state index is 12.5. The Morgan fingerprint density at radius 3 is 2.45 bits per heavy atom. The quantitative estimate of drug-likeness (QED) is 0.585. The largest absolute Gasteiger partial charge is 0.497 e. The average molecular weight is 391 g/mol. The fourth-order valence-electron chi connectivity index (χ4n) is 2.60. The topological polar surface area (TPSA) is 89.5 Å². The van der Waals surface area contributed by atoms with E-state index >= 15 is 0 Å². The molecule has 148 valence electrons. The van der Waals surface area contributed by atoms with Gasteiger partial charge in [0.1, 0.15) is 11.4 Å². The Balaban J connectivity index is 1.68. The van der Waals surface area contributed by atoms with Gasteiger partial charge in [0.2, 0.25) is 0 Å². The summed E-state index contributed by atoms with van der Waals surface area (Å²) in [6.45, 7) is 2.06. The van der Waals surface area contributed by atoms with Gasteiger partial charge in [-0.15, -0.1) is 0 Å². The lowest BCUT2D eigenvalue weighted by molar-refractivity contribution is 0.0526. The van der Waals surface area contributed by atoms with Crippen LogP contribution < -0.4 is 15.4 Å². The van der Waals surface area contributed by atoms with Gasteiger partial charge >= 0.3 is 5.97 Å². The molecule has 0 spiro atoms. The zero-order valence-electron chi connectivity index (χ0n) is 16.1. The van der Waals surface area contributed by atoms with Crippen LogP contribution in [0.15, 0.2) is 66.9 Å². The highest BCUT2D eigenvalue weighted by Gasteiger charge is 2.10. The van der Waals surface area contributed by atoms with E-state index in [2.05, 4.69) is 15.6 Å². The Morgan fingerprint density at radius 2 is 1.72 bits per heavy atom. The molecule has 0 saturated carbocycles. The first-order valence-electron chi connectivity index (χ1n) is 9.04. The van der Waals surface area contributed by atoms with Crippen LogP contribution in [-0.2, 0) is 4.74 Å². The number of nitrogens with zero attached hydrogens (tertiary/aromatic N) is 1. The van der Waals surface area contributed by atoms with Gasteiger partial charge < -0.3 is 20.1 Å². The summed E-state index contributed by atoms with van der Waals surface area (Å²) in [5.41, 5.74) is 2.78. The van der Waals surface area contributed by atoms with Crippen molar-refractivity contribution in [2.24, 2.45) is 0 Å². The molecule has 0 aliphatic heterocycles. The molecule has 1 aromatic heterocycles. The van der Waals surface area contributed by atoms with E-state index in [1.165, 1.54) is 0 Å². The molecule has 0 atom stereocenters. The number of rotatable bonds is 7. The predicted molar refractivity (Wildman–Crippen MR) is 111 cm³/mol. The lowest BCUT2D eigenvalue weighted by Crippen LogP contribution is -2.14. The minimum Gasteiger partial charge on any atom is -0.497 e. The molecule has 0 bridgehead atoms. The lowest BCUT2D eigenvalue weighted by atomic mass is 10.2. The van der Waals surface area contributed by atoms with Crippen LogP contribution in [0.3, 0.4) is 0 Å². The van der Waals surface area contributed by atoms with Crippen molar-refractivity contribution in [3.63, 3.8) is 0 Å². The first-order chi connectivity index (χ1) is 14.1. The van der Waals surface area contributed by atoms with Gasteiger partial charge in [-0.2, -0.15) is 0 Å². The summed E-state index contributed by atoms with van der Waals surface area (Å²) in [7, 11) is 1.60. The van der Waals surface area contributed by atoms with E-state index in [4.69, 9.17) is 9.47 Å². The summed E-state index contributed by atoms with van der Waals surface area (Å²) in [5, 5.41) is 5.98. The summed E-state index contributed by atoms with van der Waals surface area (Å²) in [5.74, 6) is -0.0279. The molecule has 1 amide bonds. The number of anilines is 3. The van der Waals surface area contributed by atoms with Gasteiger partial charge in [-0.25, -0.2) is 4.79 Å². The number of aromatic nitrogens is 1. The summed E-state index contributed by atoms with van der Waals surface area (Å²) in [4.78, 5) is 28.4. The maximum atomic E-state index is 12.5. The van der Waals surface area contributed by atoms with Crippen LogP contribution in [0.4, 0.5) is 17.1 Å². The Hall–Kier alpha value is -3.87. The van der Waals surface area contributed by atoms with Gasteiger partial charge in [0.25, 0.3) is 5.91 Å². The van der Waals surface area contributed by atoms with Crippen molar-refractivity contribution in [3.05, 3.63) is 78.1 Å². The van der Waals surface area contributed by atoms with Gasteiger partial charge in [0, 0.05) is 29.3 Å². The minimum absolute atomic E-state index is 0.257. The van der Waals surface area contributed by atoms with E-state index in [0.29, 0.717) is 17.9 Å². The number of hydrogen-bond acceptors (Lipinski definition) is 6. The first kappa shape index (κ1) is 19.9. The van der Waals surface area contributed by atoms with Crippen LogP contribution in [-0.4, -0.2) is 30.6 Å². The number of methoxy groups -OCH3 is 1. The Bertz CT molecular complexity index is 1000. The number of amides is 1. The molecule has 7 nitrogen and oxygen atoms in total. The second kappa shape index (κ2) is 9.36. The van der Waals surface area contributed by atoms with E-state index in [1.807, 2.05) is 24.3 Å². The second-order valence-corrected chi connectivity index (χ2v) is 6.04. The fourth-order valence-corrected chi connectivity index (χ4v) is 2.60. The summed E-state index contributed by atoms with van der Waals surface area (Å²) in [6, 6.07) is 17.4. The molecule has 2 N–H and O–H groups in total. The molecule has 29 heavy (non-hydrogen) atoms. The zero-order chi connectivity index (χ0) is 20.6. The summed E-state index contributed by atoms with van der Waals surface area (Å²) < 4.78 is 10.2. The van der Waals surface area contributed by atoms with Crippen LogP contribution >= 0.6 is 0 Å². The predicted octanol–water partition coefficient (Wildman–Crippen LogP) is 4.26. The number of hydrogen-bond donors (Lipinski definition) is 2. The van der Waals surface area contributed by atoms with Crippen LogP contribution in [0.25, 0.3) is 0 Å². The number of ether oxygens (including phenoxy) is 2. The highest BCUT2D eigenvalue weighted by molar-refractivity contribution is 6.03. The third-order valence-electron chi connectivity index (χ3n) is 4.00. The monoisotopic (exact) mass is 391 g/mol. The minimum atomic E-state index is -0.400. The van der Waals surface area contributed by atoms with E-state index < -0.39 is 5.97 Å². The van der Waals surface area contributed by atoms with Crippen molar-refractivity contribution >= 4 is 28.9 Å². The standard InChI is InChI=1S/C22H21N3O4/c1-3-29-22(27)15-7-9-16(10-8-15)25-21(26)20-14-18(11-12-23-20)24-17-5-4-6-19(13-17)28-2/h4-14H,3H2,1-2H3,(H,23,24)(H,25,26).